The van der Waals surface area contributed by atoms with Crippen molar-refractivity contribution in [1.29, 1.82) is 0 Å². The minimum atomic E-state index is -1.03. The van der Waals surface area contributed by atoms with E-state index in [9.17, 15) is 19.5 Å². The molecule has 2 fully saturated rings. The zero-order valence-corrected chi connectivity index (χ0v) is 21.0. The Balaban J connectivity index is 1.45. The van der Waals surface area contributed by atoms with E-state index in [-0.39, 0.29) is 18.6 Å². The number of amides is 4. The highest BCUT2D eigenvalue weighted by atomic mass is 35.5. The number of rotatable bonds is 4. The van der Waals surface area contributed by atoms with Crippen molar-refractivity contribution in [1.82, 2.24) is 9.80 Å². The summed E-state index contributed by atoms with van der Waals surface area (Å²) < 4.78 is 1.09. The van der Waals surface area contributed by atoms with Gasteiger partial charge in [0.15, 0.2) is 0 Å². The Morgan fingerprint density at radius 3 is 2.42 bits per heavy atom. The smallest absolute Gasteiger partial charge is 0.328 e. The fourth-order valence-corrected chi connectivity index (χ4v) is 7.77. The van der Waals surface area contributed by atoms with Crippen molar-refractivity contribution in [2.24, 2.45) is 23.5 Å². The molecule has 4 amide bonds. The highest BCUT2D eigenvalue weighted by molar-refractivity contribution is 7.19. The number of nitrogens with two attached hydrogens (primary N) is 1. The van der Waals surface area contributed by atoms with Crippen LogP contribution < -0.4 is 5.73 Å². The maximum atomic E-state index is 13.3. The van der Waals surface area contributed by atoms with E-state index in [2.05, 4.69) is 17.9 Å². The molecule has 3 N–H and O–H groups in total. The number of imide groups is 3. The van der Waals surface area contributed by atoms with E-state index >= 15 is 0 Å². The van der Waals surface area contributed by atoms with E-state index in [4.69, 9.17) is 17.3 Å². The molecule has 36 heavy (non-hydrogen) atoms. The number of aliphatic hydroxyl groups is 1. The zero-order valence-electron chi connectivity index (χ0n) is 19.4. The van der Waals surface area contributed by atoms with Crippen LogP contribution in [0.25, 0.3) is 15.7 Å². The Morgan fingerprint density at radius 1 is 1.06 bits per heavy atom. The molecule has 9 heteroatoms. The number of piperidine rings is 1. The van der Waals surface area contributed by atoms with Gasteiger partial charge in [0.2, 0.25) is 11.8 Å². The van der Waals surface area contributed by atoms with Crippen molar-refractivity contribution in [2.45, 2.75) is 32.2 Å². The number of aliphatic hydroxyl groups excluding tert-OH is 1. The Kier molecular flexibility index (Phi) is 5.53. The number of hydrogen-bond donors (Lipinski definition) is 2. The predicted octanol–water partition coefficient (Wildman–Crippen LogP) is 4.01. The summed E-state index contributed by atoms with van der Waals surface area (Å²) in [5, 5.41) is 11.1. The van der Waals surface area contributed by atoms with Crippen molar-refractivity contribution in [3.8, 4) is 0 Å². The van der Waals surface area contributed by atoms with Gasteiger partial charge in [-0.05, 0) is 29.7 Å². The Labute approximate surface area is 216 Å². The van der Waals surface area contributed by atoms with Gasteiger partial charge in [0.1, 0.15) is 0 Å². The zero-order chi connectivity index (χ0) is 25.3. The second-order valence-corrected chi connectivity index (χ2v) is 11.2. The molecular formula is C27H24ClN3O4S. The van der Waals surface area contributed by atoms with Gasteiger partial charge in [-0.2, -0.15) is 4.90 Å². The quantitative estimate of drug-likeness (QED) is 0.505. The van der Waals surface area contributed by atoms with E-state index in [0.29, 0.717) is 16.5 Å². The molecular weight excluding hydrogens is 498 g/mol. The SMILES string of the molecule is CC1C2C(c3ccc(CO)cc3)=CC(C3C(=O)N(C(N)=O)C(=O)C23)N1Cc1sc2ccccc2c1Cl. The minimum Gasteiger partial charge on any atom is -0.392 e. The first-order valence-electron chi connectivity index (χ1n) is 11.8. The number of urea groups is 1. The summed E-state index contributed by atoms with van der Waals surface area (Å²) in [6, 6.07) is 14.0. The van der Waals surface area contributed by atoms with Gasteiger partial charge in [-0.3, -0.25) is 14.5 Å². The average Bonchev–Trinajstić information content (AvgIpc) is 3.34. The number of hydrogen-bond acceptors (Lipinski definition) is 6. The largest absolute Gasteiger partial charge is 0.392 e. The number of primary amides is 1. The van der Waals surface area contributed by atoms with Gasteiger partial charge in [-0.25, -0.2) is 4.79 Å². The lowest BCUT2D eigenvalue weighted by molar-refractivity contribution is -0.136. The number of fused-ring (bicyclic) bond motifs is 2. The Morgan fingerprint density at radius 2 is 1.75 bits per heavy atom. The standard InChI is InChI=1S/C27H24ClN3O4S/c1-13-21-17(15-8-6-14(12-32)7-9-15)10-18(22-23(21)26(34)31(25(22)33)27(29)35)30(13)11-20-24(28)16-4-2-3-5-19(16)36-20/h2-10,13,18,21-23,32H,11-12H2,1H3,(H2,29,35). The molecule has 7 rings (SSSR count). The van der Waals surface area contributed by atoms with Crippen LogP contribution in [0.5, 0.6) is 0 Å². The van der Waals surface area contributed by atoms with Crippen LogP contribution in [-0.2, 0) is 22.7 Å². The summed E-state index contributed by atoms with van der Waals surface area (Å²) in [5.74, 6) is -2.69. The van der Waals surface area contributed by atoms with Crippen LogP contribution in [0.15, 0.2) is 54.6 Å². The molecule has 3 aliphatic heterocycles. The number of benzene rings is 2. The summed E-state index contributed by atoms with van der Waals surface area (Å²) in [7, 11) is 0. The first kappa shape index (κ1) is 23.4. The fourth-order valence-electron chi connectivity index (χ4n) is 6.27. The molecule has 5 unspecified atom stereocenters. The number of carbonyl (C=O) groups excluding carboxylic acids is 3. The molecule has 0 spiro atoms. The molecule has 1 aromatic heterocycles. The molecule has 5 atom stereocenters. The van der Waals surface area contributed by atoms with Gasteiger partial charge in [0, 0.05) is 39.5 Å². The third kappa shape index (κ3) is 3.29. The number of nitrogens with zero attached hydrogens (tertiary/aromatic N) is 2. The first-order valence-corrected chi connectivity index (χ1v) is 13.0. The summed E-state index contributed by atoms with van der Waals surface area (Å²) in [5.41, 5.74) is 8.16. The van der Waals surface area contributed by atoms with Crippen molar-refractivity contribution in [3.05, 3.63) is 75.6 Å². The maximum Gasteiger partial charge on any atom is 0.328 e. The average molecular weight is 522 g/mol. The lowest BCUT2D eigenvalue weighted by atomic mass is 9.62. The summed E-state index contributed by atoms with van der Waals surface area (Å²) in [6.45, 7) is 2.53. The van der Waals surface area contributed by atoms with E-state index in [1.807, 2.05) is 48.5 Å². The van der Waals surface area contributed by atoms with Crippen LogP contribution in [0.1, 0.15) is 22.9 Å². The number of halogens is 1. The number of carbonyl (C=O) groups is 3. The first-order chi connectivity index (χ1) is 17.3. The van der Waals surface area contributed by atoms with Crippen LogP contribution >= 0.6 is 22.9 Å². The van der Waals surface area contributed by atoms with Gasteiger partial charge >= 0.3 is 6.03 Å². The predicted molar refractivity (Wildman–Crippen MR) is 138 cm³/mol. The van der Waals surface area contributed by atoms with Gasteiger partial charge in [0.05, 0.1) is 23.5 Å². The minimum absolute atomic E-state index is 0.0588. The third-order valence-electron chi connectivity index (χ3n) is 7.91. The molecule has 1 aliphatic carbocycles. The third-order valence-corrected chi connectivity index (χ3v) is 9.61. The number of thiophene rings is 1. The van der Waals surface area contributed by atoms with Gasteiger partial charge in [-0.15, -0.1) is 11.3 Å². The van der Waals surface area contributed by atoms with Crippen LogP contribution in [0.3, 0.4) is 0 Å². The molecule has 4 aliphatic rings. The van der Waals surface area contributed by atoms with Crippen molar-refractivity contribution >= 4 is 56.4 Å². The van der Waals surface area contributed by atoms with Crippen LogP contribution in [0, 0.1) is 17.8 Å². The molecule has 2 aromatic carbocycles. The van der Waals surface area contributed by atoms with Gasteiger partial charge in [-0.1, -0.05) is 60.1 Å². The molecule has 184 valence electrons. The van der Waals surface area contributed by atoms with Crippen LogP contribution in [0.2, 0.25) is 5.02 Å². The van der Waals surface area contributed by atoms with E-state index < -0.39 is 35.7 Å². The second kappa shape index (κ2) is 8.52. The maximum absolute atomic E-state index is 13.3. The van der Waals surface area contributed by atoms with Crippen molar-refractivity contribution in [3.63, 3.8) is 0 Å². The monoisotopic (exact) mass is 521 g/mol. The number of likely N-dealkylation sites (tertiary alicyclic amines) is 1. The van der Waals surface area contributed by atoms with Crippen molar-refractivity contribution < 1.29 is 19.5 Å². The Bertz CT molecular complexity index is 1450. The molecule has 3 aromatic rings. The van der Waals surface area contributed by atoms with Gasteiger partial charge < -0.3 is 10.8 Å². The molecule has 0 radical (unpaired) electrons. The van der Waals surface area contributed by atoms with Crippen LogP contribution in [-0.4, -0.2) is 44.8 Å². The highest BCUT2D eigenvalue weighted by Crippen LogP contribution is 2.54. The summed E-state index contributed by atoms with van der Waals surface area (Å²) in [6.07, 6.45) is 2.07. The molecule has 2 saturated heterocycles. The van der Waals surface area contributed by atoms with E-state index in [1.54, 1.807) is 11.3 Å². The fraction of sp³-hybridized carbons (Fsp3) is 0.296. The normalized spacial score (nSPS) is 27.6. The second-order valence-electron chi connectivity index (χ2n) is 9.64. The van der Waals surface area contributed by atoms with Crippen molar-refractivity contribution in [2.75, 3.05) is 0 Å². The van der Waals surface area contributed by atoms with Crippen LogP contribution in [0.4, 0.5) is 4.79 Å². The molecule has 4 heterocycles. The summed E-state index contributed by atoms with van der Waals surface area (Å²) >= 11 is 8.39. The van der Waals surface area contributed by atoms with E-state index in [0.717, 1.165) is 31.7 Å². The lowest BCUT2D eigenvalue weighted by Crippen LogP contribution is -2.61. The Hall–Kier alpha value is -3.04. The summed E-state index contributed by atoms with van der Waals surface area (Å²) in [4.78, 5) is 42.6. The molecule has 0 saturated carbocycles. The lowest BCUT2D eigenvalue weighted by Gasteiger charge is -2.53. The topological polar surface area (TPSA) is 104 Å². The van der Waals surface area contributed by atoms with E-state index in [1.165, 1.54) is 0 Å². The molecule has 2 bridgehead atoms. The molecule has 7 nitrogen and oxygen atoms in total. The van der Waals surface area contributed by atoms with Gasteiger partial charge in [0.25, 0.3) is 0 Å². The highest BCUT2D eigenvalue weighted by Gasteiger charge is 2.63.